The first-order valence-corrected chi connectivity index (χ1v) is 18.0. The molecule has 0 aromatic heterocycles. The molecule has 1 aliphatic carbocycles. The Morgan fingerprint density at radius 2 is 0.981 bits per heavy atom. The van der Waals surface area contributed by atoms with Crippen molar-refractivity contribution in [2.75, 3.05) is 4.90 Å². The Morgan fingerprint density at radius 1 is 0.404 bits per heavy atom. The Bertz CT molecular complexity index is 2670. The monoisotopic (exact) mass is 665 g/mol. The van der Waals surface area contributed by atoms with Crippen molar-refractivity contribution < 1.29 is 4.74 Å². The van der Waals surface area contributed by atoms with Crippen LogP contribution in [0, 0.1) is 0 Å². The van der Waals surface area contributed by atoms with Crippen LogP contribution >= 0.6 is 0 Å². The molecular weight excluding hydrogens is 631 g/mol. The van der Waals surface area contributed by atoms with Crippen molar-refractivity contribution in [1.82, 2.24) is 0 Å². The van der Waals surface area contributed by atoms with Crippen LogP contribution in [-0.2, 0) is 0 Å². The number of nitrogens with zero attached hydrogens (tertiary/aromatic N) is 1. The summed E-state index contributed by atoms with van der Waals surface area (Å²) in [4.78, 5) is 2.42. The van der Waals surface area contributed by atoms with E-state index >= 15 is 0 Å². The molecule has 0 N–H and O–H groups in total. The van der Waals surface area contributed by atoms with Crippen LogP contribution < -0.4 is 9.64 Å². The van der Waals surface area contributed by atoms with Crippen LogP contribution in [-0.4, -0.2) is 6.10 Å². The molecule has 246 valence electrons. The zero-order valence-corrected chi connectivity index (χ0v) is 28.6. The molecule has 0 saturated carbocycles. The van der Waals surface area contributed by atoms with Gasteiger partial charge in [0.1, 0.15) is 11.9 Å². The van der Waals surface area contributed by atoms with Gasteiger partial charge in [-0.05, 0) is 104 Å². The fourth-order valence-electron chi connectivity index (χ4n) is 7.90. The Kier molecular flexibility index (Phi) is 7.32. The second kappa shape index (κ2) is 12.6. The lowest BCUT2D eigenvalue weighted by Crippen LogP contribution is -2.15. The Hall–Kier alpha value is -6.64. The third-order valence-corrected chi connectivity index (χ3v) is 10.6. The first kappa shape index (κ1) is 30.2. The second-order valence-corrected chi connectivity index (χ2v) is 13.7. The standard InChI is InChI=1S/C50H35NO/c1-2-12-37(13-3-1)45-28-24-42(41-21-19-35-11-5-7-15-39(35)31-41)32-48(45)51(44-27-29-50-47(33-44)46-16-8-9-17-49(46)52-50)43-25-22-36(23-26-43)40-20-18-34-10-4-6-14-38(34)30-40/h1-33,46,49H. The normalized spacial score (nSPS) is 15.7. The number of rotatable bonds is 6. The highest BCUT2D eigenvalue weighted by molar-refractivity contribution is 5.94. The van der Waals surface area contributed by atoms with E-state index in [9.17, 15) is 0 Å². The van der Waals surface area contributed by atoms with Gasteiger partial charge in [0, 0.05) is 28.4 Å². The predicted octanol–water partition coefficient (Wildman–Crippen LogP) is 13.4. The maximum absolute atomic E-state index is 6.40. The smallest absolute Gasteiger partial charge is 0.128 e. The van der Waals surface area contributed by atoms with Gasteiger partial charge >= 0.3 is 0 Å². The lowest BCUT2D eigenvalue weighted by Gasteiger charge is -2.29. The molecule has 0 saturated heterocycles. The number of ether oxygens (including phenoxy) is 1. The molecule has 2 heteroatoms. The molecule has 0 fully saturated rings. The number of allylic oxidation sites excluding steroid dienone is 2. The van der Waals surface area contributed by atoms with Crippen molar-refractivity contribution in [2.24, 2.45) is 0 Å². The summed E-state index contributed by atoms with van der Waals surface area (Å²) >= 11 is 0. The van der Waals surface area contributed by atoms with E-state index in [0.717, 1.165) is 22.8 Å². The summed E-state index contributed by atoms with van der Waals surface area (Å²) in [5.74, 6) is 1.14. The van der Waals surface area contributed by atoms with Crippen molar-refractivity contribution >= 4 is 38.6 Å². The lowest BCUT2D eigenvalue weighted by molar-refractivity contribution is 0.269. The fourth-order valence-corrected chi connectivity index (χ4v) is 7.90. The first-order chi connectivity index (χ1) is 25.7. The molecule has 2 unspecified atom stereocenters. The molecule has 0 amide bonds. The molecule has 0 bridgehead atoms. The summed E-state index contributed by atoms with van der Waals surface area (Å²) in [7, 11) is 0. The number of hydrogen-bond acceptors (Lipinski definition) is 2. The van der Waals surface area contributed by atoms with Gasteiger partial charge in [0.15, 0.2) is 0 Å². The molecule has 2 atom stereocenters. The number of fused-ring (bicyclic) bond motifs is 5. The summed E-state index contributed by atoms with van der Waals surface area (Å²) in [6, 6.07) is 64.0. The first-order valence-electron chi connectivity index (χ1n) is 18.0. The van der Waals surface area contributed by atoms with E-state index in [4.69, 9.17) is 4.74 Å². The van der Waals surface area contributed by atoms with Crippen molar-refractivity contribution in [3.63, 3.8) is 0 Å². The maximum atomic E-state index is 6.40. The van der Waals surface area contributed by atoms with Crippen LogP contribution in [0.2, 0.25) is 0 Å². The highest BCUT2D eigenvalue weighted by atomic mass is 16.5. The van der Waals surface area contributed by atoms with Gasteiger partial charge in [0.05, 0.1) is 5.69 Å². The molecular formula is C50H35NO. The van der Waals surface area contributed by atoms with Crippen LogP contribution in [0.25, 0.3) is 54.9 Å². The molecule has 0 radical (unpaired) electrons. The number of anilines is 3. The SMILES string of the molecule is C1=CC2Oc3ccc(N(c4ccc(-c5ccc6ccccc6c5)cc4)c4cc(-c5ccc6ccccc6c5)ccc4-c4ccccc4)cc3C2C=C1. The minimum atomic E-state index is 0.0287. The van der Waals surface area contributed by atoms with Gasteiger partial charge in [0.25, 0.3) is 0 Å². The van der Waals surface area contributed by atoms with E-state index < -0.39 is 0 Å². The summed E-state index contributed by atoms with van der Waals surface area (Å²) in [5.41, 5.74) is 11.6. The molecule has 8 aromatic carbocycles. The molecule has 52 heavy (non-hydrogen) atoms. The number of benzene rings is 8. The fraction of sp³-hybridized carbons (Fsp3) is 0.0400. The minimum Gasteiger partial charge on any atom is -0.485 e. The third kappa shape index (κ3) is 5.37. The van der Waals surface area contributed by atoms with Crippen LogP contribution in [0.15, 0.2) is 200 Å². The molecule has 8 aromatic rings. The summed E-state index contributed by atoms with van der Waals surface area (Å²) in [6.07, 6.45) is 8.67. The van der Waals surface area contributed by atoms with Crippen molar-refractivity contribution in [2.45, 2.75) is 12.0 Å². The topological polar surface area (TPSA) is 12.5 Å². The highest BCUT2D eigenvalue weighted by Crippen LogP contribution is 2.48. The van der Waals surface area contributed by atoms with Gasteiger partial charge in [-0.1, -0.05) is 146 Å². The Labute approximate surface area is 304 Å². The van der Waals surface area contributed by atoms with Gasteiger partial charge in [0.2, 0.25) is 0 Å². The molecule has 1 heterocycles. The van der Waals surface area contributed by atoms with Gasteiger partial charge in [-0.15, -0.1) is 0 Å². The zero-order chi connectivity index (χ0) is 34.4. The number of hydrogen-bond donors (Lipinski definition) is 0. The van der Waals surface area contributed by atoms with Crippen molar-refractivity contribution in [3.8, 4) is 39.1 Å². The van der Waals surface area contributed by atoms with E-state index in [1.165, 1.54) is 60.5 Å². The zero-order valence-electron chi connectivity index (χ0n) is 28.6. The van der Waals surface area contributed by atoms with Crippen LogP contribution in [0.1, 0.15) is 11.5 Å². The van der Waals surface area contributed by atoms with E-state index in [-0.39, 0.29) is 12.0 Å². The van der Waals surface area contributed by atoms with Crippen LogP contribution in [0.5, 0.6) is 5.75 Å². The van der Waals surface area contributed by atoms with Crippen molar-refractivity contribution in [3.05, 3.63) is 206 Å². The van der Waals surface area contributed by atoms with Crippen LogP contribution in [0.4, 0.5) is 17.1 Å². The maximum Gasteiger partial charge on any atom is 0.128 e. The average molecular weight is 666 g/mol. The highest BCUT2D eigenvalue weighted by Gasteiger charge is 2.33. The summed E-state index contributed by atoms with van der Waals surface area (Å²) < 4.78 is 6.40. The molecule has 2 nitrogen and oxygen atoms in total. The van der Waals surface area contributed by atoms with E-state index in [2.05, 4.69) is 205 Å². The Morgan fingerprint density at radius 3 is 1.71 bits per heavy atom. The largest absolute Gasteiger partial charge is 0.485 e. The van der Waals surface area contributed by atoms with E-state index in [1.54, 1.807) is 0 Å². The van der Waals surface area contributed by atoms with Gasteiger partial charge in [-0.25, -0.2) is 0 Å². The Balaban J connectivity index is 1.16. The van der Waals surface area contributed by atoms with E-state index in [1.807, 2.05) is 0 Å². The molecule has 10 rings (SSSR count). The van der Waals surface area contributed by atoms with Crippen molar-refractivity contribution in [1.29, 1.82) is 0 Å². The second-order valence-electron chi connectivity index (χ2n) is 13.7. The molecule has 1 aliphatic heterocycles. The van der Waals surface area contributed by atoms with Gasteiger partial charge in [-0.2, -0.15) is 0 Å². The summed E-state index contributed by atoms with van der Waals surface area (Å²) in [6.45, 7) is 0. The molecule has 0 spiro atoms. The van der Waals surface area contributed by atoms with Crippen LogP contribution in [0.3, 0.4) is 0 Å². The minimum absolute atomic E-state index is 0.0287. The van der Waals surface area contributed by atoms with Gasteiger partial charge < -0.3 is 9.64 Å². The average Bonchev–Trinajstić information content (AvgIpc) is 3.59. The quantitative estimate of drug-likeness (QED) is 0.175. The predicted molar refractivity (Wildman–Crippen MR) is 218 cm³/mol. The van der Waals surface area contributed by atoms with E-state index in [0.29, 0.717) is 0 Å². The van der Waals surface area contributed by atoms with Gasteiger partial charge in [-0.3, -0.25) is 0 Å². The lowest BCUT2D eigenvalue weighted by atomic mass is 9.91. The summed E-state index contributed by atoms with van der Waals surface area (Å²) in [5, 5.41) is 4.97. The third-order valence-electron chi connectivity index (χ3n) is 10.6. The molecule has 2 aliphatic rings.